The molecule has 2 aromatic heterocycles. The van der Waals surface area contributed by atoms with E-state index in [1.807, 2.05) is 38.8 Å². The molecule has 2 aliphatic heterocycles. The van der Waals surface area contributed by atoms with Crippen LogP contribution in [0.1, 0.15) is 90.5 Å². The summed E-state index contributed by atoms with van der Waals surface area (Å²) < 4.78 is 9.66. The Labute approximate surface area is 373 Å². The van der Waals surface area contributed by atoms with Gasteiger partial charge in [-0.3, -0.25) is 9.59 Å². The molecule has 5 aromatic rings. The van der Waals surface area contributed by atoms with Gasteiger partial charge >= 0.3 is 12.2 Å². The second-order valence-electron chi connectivity index (χ2n) is 18.4. The number of imidazole rings is 2. The Morgan fingerprint density at radius 3 is 1.88 bits per heavy atom. The molecule has 1 saturated carbocycles. The van der Waals surface area contributed by atoms with E-state index in [0.29, 0.717) is 37.5 Å². The number of hydrogen-bond donors (Lipinski definition) is 5. The predicted octanol–water partition coefficient (Wildman–Crippen LogP) is 8.42. The van der Waals surface area contributed by atoms with E-state index < -0.39 is 24.3 Å². The molecule has 15 heteroatoms. The highest BCUT2D eigenvalue weighted by molar-refractivity contribution is 5.91. The largest absolute Gasteiger partial charge is 0.453 e. The highest BCUT2D eigenvalue weighted by Crippen LogP contribution is 2.58. The zero-order valence-corrected chi connectivity index (χ0v) is 37.7. The fourth-order valence-corrected chi connectivity index (χ4v) is 9.39. The van der Waals surface area contributed by atoms with Crippen LogP contribution in [0.5, 0.6) is 0 Å². The summed E-state index contributed by atoms with van der Waals surface area (Å²) in [4.78, 5) is 72.5. The highest BCUT2D eigenvalue weighted by Gasteiger charge is 2.55. The molecule has 2 saturated heterocycles. The van der Waals surface area contributed by atoms with Gasteiger partial charge in [0.2, 0.25) is 11.8 Å². The molecule has 3 aromatic carbocycles. The van der Waals surface area contributed by atoms with Gasteiger partial charge in [-0.1, -0.05) is 82.6 Å². The Kier molecular flexibility index (Phi) is 12.4. The molecule has 0 unspecified atom stereocenters. The van der Waals surface area contributed by atoms with Crippen LogP contribution >= 0.6 is 0 Å². The number of aromatic nitrogens is 4. The first-order valence-electron chi connectivity index (χ1n) is 22.3. The average molecular weight is 870 g/mol. The van der Waals surface area contributed by atoms with E-state index in [-0.39, 0.29) is 47.1 Å². The first-order chi connectivity index (χ1) is 30.7. The van der Waals surface area contributed by atoms with Crippen molar-refractivity contribution in [2.75, 3.05) is 27.3 Å². The summed E-state index contributed by atoms with van der Waals surface area (Å²) in [6.45, 7) is 10.5. The Bertz CT molecular complexity index is 2560. The second-order valence-corrected chi connectivity index (χ2v) is 18.4. The fraction of sp³-hybridized carbons (Fsp3) is 0.449. The summed E-state index contributed by atoms with van der Waals surface area (Å²) in [6.07, 6.45) is 6.60. The number of carbonyl (C=O) groups is 4. The minimum Gasteiger partial charge on any atom is -0.453 e. The summed E-state index contributed by atoms with van der Waals surface area (Å²) in [5.41, 5.74) is 6.40. The highest BCUT2D eigenvalue weighted by atomic mass is 16.5. The van der Waals surface area contributed by atoms with Gasteiger partial charge in [0.05, 0.1) is 50.1 Å². The van der Waals surface area contributed by atoms with Crippen molar-refractivity contribution in [3.63, 3.8) is 0 Å². The lowest BCUT2D eigenvalue weighted by molar-refractivity contribution is -0.136. The normalized spacial score (nSPS) is 20.3. The van der Waals surface area contributed by atoms with E-state index in [1.165, 1.54) is 14.2 Å². The Balaban J connectivity index is 0.968. The quantitative estimate of drug-likeness (QED) is 0.0727. The topological polar surface area (TPSA) is 198 Å². The molecule has 0 bridgehead atoms. The lowest BCUT2D eigenvalue weighted by Gasteiger charge is -2.30. The number of methoxy groups -OCH3 is 2. The molecule has 4 heterocycles. The van der Waals surface area contributed by atoms with Crippen LogP contribution in [0.15, 0.2) is 73.1 Å². The third kappa shape index (κ3) is 8.84. The van der Waals surface area contributed by atoms with Gasteiger partial charge < -0.3 is 45.3 Å². The molecule has 0 radical (unpaired) electrons. The second kappa shape index (κ2) is 17.9. The van der Waals surface area contributed by atoms with Crippen molar-refractivity contribution < 1.29 is 28.7 Å². The van der Waals surface area contributed by atoms with Crippen LogP contribution < -0.4 is 10.6 Å². The maximum atomic E-state index is 14.1. The van der Waals surface area contributed by atoms with Crippen molar-refractivity contribution in [3.05, 3.63) is 84.7 Å². The third-order valence-corrected chi connectivity index (χ3v) is 13.8. The molecule has 5 N–H and O–H groups in total. The number of nitrogens with zero attached hydrogens (tertiary/aromatic N) is 4. The molecule has 6 atom stereocenters. The van der Waals surface area contributed by atoms with Crippen molar-refractivity contribution in [2.45, 2.75) is 90.9 Å². The third-order valence-electron chi connectivity index (χ3n) is 13.8. The van der Waals surface area contributed by atoms with E-state index in [4.69, 9.17) is 24.9 Å². The van der Waals surface area contributed by atoms with Gasteiger partial charge in [-0.25, -0.2) is 19.6 Å². The molecule has 3 fully saturated rings. The number of aromatic amines is 2. The standard InChI is InChI=1S/C49H59N9O6/c1-8-28(4)42(56-48(62)64-7)46(60)57-25-36(29(5)50)21-39(57)43-51-24-38(54-43)35-16-15-33-19-32(13-14-34(33)20-35)30-9-11-31(12-10-30)37-23-52-44(53-37)40-22-49(17-18-49)26-58(40)45(59)41(27(2)3)55-47(61)63-6/h9-16,19-20,23-24,27-28,36,39-42,50H,8,17-18,21-22,25-26H2,1-7H3,(H,51,54)(H,52,53)(H,55,61)(H,56,62)/t28-,36-,39-,40-,41-,42-/m0/s1. The Morgan fingerprint density at radius 2 is 1.30 bits per heavy atom. The van der Waals surface area contributed by atoms with Crippen molar-refractivity contribution in [1.29, 1.82) is 5.41 Å². The maximum absolute atomic E-state index is 14.1. The fourth-order valence-electron chi connectivity index (χ4n) is 9.39. The summed E-state index contributed by atoms with van der Waals surface area (Å²) in [7, 11) is 2.59. The van der Waals surface area contributed by atoms with Crippen LogP contribution in [0.2, 0.25) is 0 Å². The number of H-pyrrole nitrogens is 2. The van der Waals surface area contributed by atoms with Crippen molar-refractivity contribution in [3.8, 4) is 33.6 Å². The molecular weight excluding hydrogens is 811 g/mol. The van der Waals surface area contributed by atoms with Gasteiger partial charge in [0.1, 0.15) is 23.7 Å². The predicted molar refractivity (Wildman–Crippen MR) is 244 cm³/mol. The number of alkyl carbamates (subject to hydrolysis) is 2. The number of ether oxygens (including phenoxy) is 2. The number of fused-ring (bicyclic) bond motifs is 1. The van der Waals surface area contributed by atoms with Crippen LogP contribution in [0, 0.1) is 28.6 Å². The molecule has 3 aliphatic rings. The number of amides is 4. The lowest BCUT2D eigenvalue weighted by atomic mass is 9.97. The zero-order valence-electron chi connectivity index (χ0n) is 37.7. The maximum Gasteiger partial charge on any atom is 0.407 e. The van der Waals surface area contributed by atoms with Crippen LogP contribution in [0.25, 0.3) is 44.4 Å². The lowest BCUT2D eigenvalue weighted by Crippen LogP contribution is -2.51. The molecule has 64 heavy (non-hydrogen) atoms. The van der Waals surface area contributed by atoms with Crippen LogP contribution in [0.4, 0.5) is 9.59 Å². The summed E-state index contributed by atoms with van der Waals surface area (Å²) in [5, 5.41) is 16.0. The van der Waals surface area contributed by atoms with Gasteiger partial charge in [0, 0.05) is 30.3 Å². The molecule has 1 aliphatic carbocycles. The number of rotatable bonds is 13. The van der Waals surface area contributed by atoms with Crippen LogP contribution in [-0.2, 0) is 19.1 Å². The number of carbonyl (C=O) groups excluding carboxylic acids is 4. The molecule has 1 spiro atoms. The minimum atomic E-state index is -0.765. The monoisotopic (exact) mass is 869 g/mol. The SMILES string of the molecule is CC[C@H](C)[C@H](NC(=O)OC)C(=O)N1C[C@@H](C(C)=N)C[C@H]1c1ncc(-c2ccc3cc(-c4ccc(-c5cnc([C@@H]6CC7(CC7)CN6C(=O)[C@@H](NC(=O)OC)C(C)C)[nH]5)cc4)ccc3c2)[nH]1. The van der Waals surface area contributed by atoms with Gasteiger partial charge in [-0.2, -0.15) is 0 Å². The summed E-state index contributed by atoms with van der Waals surface area (Å²) in [5.74, 6) is 0.715. The van der Waals surface area contributed by atoms with E-state index >= 15 is 0 Å². The summed E-state index contributed by atoms with van der Waals surface area (Å²) in [6, 6.07) is 19.0. The summed E-state index contributed by atoms with van der Waals surface area (Å²) >= 11 is 0. The molecule has 336 valence electrons. The number of benzene rings is 3. The van der Waals surface area contributed by atoms with Gasteiger partial charge in [-0.05, 0) is 89.5 Å². The van der Waals surface area contributed by atoms with Crippen LogP contribution in [0.3, 0.4) is 0 Å². The number of hydrogen-bond acceptors (Lipinski definition) is 9. The van der Waals surface area contributed by atoms with Gasteiger partial charge in [0.25, 0.3) is 0 Å². The molecule has 8 rings (SSSR count). The smallest absolute Gasteiger partial charge is 0.407 e. The number of likely N-dealkylation sites (tertiary alicyclic amines) is 2. The molecular formula is C49H59N9O6. The zero-order chi connectivity index (χ0) is 45.4. The first-order valence-corrected chi connectivity index (χ1v) is 22.3. The minimum absolute atomic E-state index is 0.111. The van der Waals surface area contributed by atoms with Gasteiger partial charge in [0.15, 0.2) is 0 Å². The molecule has 4 amide bonds. The van der Waals surface area contributed by atoms with Crippen LogP contribution in [-0.4, -0.2) is 98.8 Å². The van der Waals surface area contributed by atoms with E-state index in [9.17, 15) is 19.2 Å². The average Bonchev–Trinajstić information content (AvgIpc) is 3.81. The van der Waals surface area contributed by atoms with E-state index in [2.05, 4.69) is 81.3 Å². The van der Waals surface area contributed by atoms with E-state index in [0.717, 1.165) is 69.5 Å². The van der Waals surface area contributed by atoms with E-state index in [1.54, 1.807) is 18.0 Å². The van der Waals surface area contributed by atoms with Crippen molar-refractivity contribution in [2.24, 2.45) is 23.2 Å². The van der Waals surface area contributed by atoms with Gasteiger partial charge in [-0.15, -0.1) is 0 Å². The first kappa shape index (κ1) is 44.1. The number of nitrogens with one attached hydrogen (secondary N) is 5. The van der Waals surface area contributed by atoms with Crippen molar-refractivity contribution in [1.82, 2.24) is 40.4 Å². The Hall–Kier alpha value is -6.51. The van der Waals surface area contributed by atoms with Crippen molar-refractivity contribution >= 4 is 40.5 Å². The molecule has 15 nitrogen and oxygen atoms in total. The Morgan fingerprint density at radius 1 is 0.766 bits per heavy atom.